The molecule has 6 nitrogen and oxygen atoms in total. The van der Waals surface area contributed by atoms with Gasteiger partial charge in [0.15, 0.2) is 0 Å². The van der Waals surface area contributed by atoms with Crippen molar-refractivity contribution >= 4 is 17.4 Å². The van der Waals surface area contributed by atoms with E-state index in [9.17, 15) is 4.79 Å². The van der Waals surface area contributed by atoms with Gasteiger partial charge >= 0.3 is 6.03 Å². The molecule has 1 aliphatic rings. The number of rotatable bonds is 5. The molecule has 25 heavy (non-hydrogen) atoms. The lowest BCUT2D eigenvalue weighted by Gasteiger charge is -2.21. The number of carbonyl (C=O) groups excluding carboxylic acids is 1. The molecule has 0 spiro atoms. The van der Waals surface area contributed by atoms with E-state index >= 15 is 0 Å². The summed E-state index contributed by atoms with van der Waals surface area (Å²) in [5.41, 5.74) is 1.79. The molecule has 1 saturated heterocycles. The molecular formula is C19H23N3O3. The second-order valence-electron chi connectivity index (χ2n) is 5.93. The van der Waals surface area contributed by atoms with E-state index in [4.69, 9.17) is 9.47 Å². The molecule has 3 rings (SSSR count). The topological polar surface area (TPSA) is 62.8 Å². The summed E-state index contributed by atoms with van der Waals surface area (Å²) >= 11 is 0. The monoisotopic (exact) mass is 341 g/mol. The standard InChI is InChI=1S/C19H23N3O3/c1-24-16-9-7-14(8-10-16)20-19(23)21-15-11-12-22(13-15)17-5-3-4-6-18(17)25-2/h3-10,15H,11-13H2,1-2H3,(H2,20,21,23). The summed E-state index contributed by atoms with van der Waals surface area (Å²) in [6.45, 7) is 1.64. The molecule has 0 saturated carbocycles. The van der Waals surface area contributed by atoms with E-state index in [1.165, 1.54) is 0 Å². The number of anilines is 2. The molecule has 6 heteroatoms. The zero-order valence-corrected chi connectivity index (χ0v) is 14.5. The molecule has 1 aliphatic heterocycles. The van der Waals surface area contributed by atoms with Crippen LogP contribution in [0.1, 0.15) is 6.42 Å². The molecule has 132 valence electrons. The van der Waals surface area contributed by atoms with Crippen LogP contribution in [-0.2, 0) is 0 Å². The molecule has 1 fully saturated rings. The maximum atomic E-state index is 12.2. The van der Waals surface area contributed by atoms with Gasteiger partial charge in [-0.3, -0.25) is 0 Å². The number of benzene rings is 2. The lowest BCUT2D eigenvalue weighted by atomic mass is 10.2. The Morgan fingerprint density at radius 3 is 2.56 bits per heavy atom. The first-order valence-electron chi connectivity index (χ1n) is 8.29. The van der Waals surface area contributed by atoms with Crippen molar-refractivity contribution in [1.29, 1.82) is 0 Å². The summed E-state index contributed by atoms with van der Waals surface area (Å²) in [6, 6.07) is 15.1. The Hall–Kier alpha value is -2.89. The molecule has 1 unspecified atom stereocenters. The number of carbonyl (C=O) groups is 1. The van der Waals surface area contributed by atoms with Crippen LogP contribution in [0.2, 0.25) is 0 Å². The fourth-order valence-electron chi connectivity index (χ4n) is 3.01. The van der Waals surface area contributed by atoms with Crippen molar-refractivity contribution in [2.45, 2.75) is 12.5 Å². The van der Waals surface area contributed by atoms with Gasteiger partial charge in [0, 0.05) is 24.8 Å². The van der Waals surface area contributed by atoms with Crippen molar-refractivity contribution in [2.75, 3.05) is 37.5 Å². The van der Waals surface area contributed by atoms with Crippen molar-refractivity contribution < 1.29 is 14.3 Å². The SMILES string of the molecule is COc1ccc(NC(=O)NC2CCN(c3ccccc3OC)C2)cc1. The molecule has 0 radical (unpaired) electrons. The second kappa shape index (κ2) is 7.79. The van der Waals surface area contributed by atoms with Crippen LogP contribution >= 0.6 is 0 Å². The lowest BCUT2D eigenvalue weighted by molar-refractivity contribution is 0.249. The largest absolute Gasteiger partial charge is 0.497 e. The van der Waals surface area contributed by atoms with Crippen LogP contribution in [0.15, 0.2) is 48.5 Å². The lowest BCUT2D eigenvalue weighted by Crippen LogP contribution is -2.39. The van der Waals surface area contributed by atoms with Crippen LogP contribution in [0.25, 0.3) is 0 Å². The number of para-hydroxylation sites is 2. The number of amides is 2. The number of nitrogens with zero attached hydrogens (tertiary/aromatic N) is 1. The van der Waals surface area contributed by atoms with Crippen LogP contribution in [-0.4, -0.2) is 39.4 Å². The Labute approximate surface area is 147 Å². The second-order valence-corrected chi connectivity index (χ2v) is 5.93. The van der Waals surface area contributed by atoms with Crippen molar-refractivity contribution in [3.05, 3.63) is 48.5 Å². The Bertz CT molecular complexity index is 718. The number of ether oxygens (including phenoxy) is 2. The fraction of sp³-hybridized carbons (Fsp3) is 0.316. The van der Waals surface area contributed by atoms with Crippen LogP contribution < -0.4 is 25.0 Å². The first-order valence-corrected chi connectivity index (χ1v) is 8.29. The van der Waals surface area contributed by atoms with Crippen molar-refractivity contribution in [3.63, 3.8) is 0 Å². The molecule has 2 aromatic rings. The van der Waals surface area contributed by atoms with Crippen molar-refractivity contribution in [2.24, 2.45) is 0 Å². The molecule has 0 aromatic heterocycles. The third-order valence-corrected chi connectivity index (χ3v) is 4.30. The number of urea groups is 1. The first kappa shape index (κ1) is 17.0. The van der Waals surface area contributed by atoms with Gasteiger partial charge in [-0.25, -0.2) is 4.79 Å². The van der Waals surface area contributed by atoms with E-state index in [-0.39, 0.29) is 12.1 Å². The number of hydrogen-bond acceptors (Lipinski definition) is 4. The Morgan fingerprint density at radius 1 is 1.08 bits per heavy atom. The van der Waals surface area contributed by atoms with Gasteiger partial charge < -0.3 is 25.0 Å². The Balaban J connectivity index is 1.54. The van der Waals surface area contributed by atoms with E-state index in [0.717, 1.165) is 42.4 Å². The minimum Gasteiger partial charge on any atom is -0.497 e. The Kier molecular flexibility index (Phi) is 5.28. The average molecular weight is 341 g/mol. The molecule has 2 amide bonds. The van der Waals surface area contributed by atoms with Gasteiger partial charge in [-0.2, -0.15) is 0 Å². The summed E-state index contributed by atoms with van der Waals surface area (Å²) in [4.78, 5) is 14.4. The van der Waals surface area contributed by atoms with Gasteiger partial charge in [-0.05, 0) is 42.8 Å². The molecular weight excluding hydrogens is 318 g/mol. The van der Waals surface area contributed by atoms with Crippen LogP contribution in [0, 0.1) is 0 Å². The number of nitrogens with one attached hydrogen (secondary N) is 2. The summed E-state index contributed by atoms with van der Waals surface area (Å²) in [5.74, 6) is 1.61. The minimum atomic E-state index is -0.197. The smallest absolute Gasteiger partial charge is 0.319 e. The fourth-order valence-corrected chi connectivity index (χ4v) is 3.01. The normalized spacial score (nSPS) is 16.4. The summed E-state index contributed by atoms with van der Waals surface area (Å²) in [7, 11) is 3.29. The predicted octanol–water partition coefficient (Wildman–Crippen LogP) is 3.10. The predicted molar refractivity (Wildman–Crippen MR) is 98.8 cm³/mol. The van der Waals surface area contributed by atoms with Gasteiger partial charge in [-0.15, -0.1) is 0 Å². The molecule has 1 heterocycles. The zero-order chi connectivity index (χ0) is 17.6. The van der Waals surface area contributed by atoms with E-state index in [1.807, 2.05) is 48.5 Å². The highest BCUT2D eigenvalue weighted by Crippen LogP contribution is 2.30. The van der Waals surface area contributed by atoms with Crippen LogP contribution in [0.4, 0.5) is 16.2 Å². The minimum absolute atomic E-state index is 0.100. The Morgan fingerprint density at radius 2 is 1.84 bits per heavy atom. The van der Waals surface area contributed by atoms with Crippen LogP contribution in [0.3, 0.4) is 0 Å². The maximum Gasteiger partial charge on any atom is 0.319 e. The highest BCUT2D eigenvalue weighted by atomic mass is 16.5. The third-order valence-electron chi connectivity index (χ3n) is 4.30. The molecule has 1 atom stereocenters. The third kappa shape index (κ3) is 4.15. The highest BCUT2D eigenvalue weighted by molar-refractivity contribution is 5.89. The maximum absolute atomic E-state index is 12.2. The van der Waals surface area contributed by atoms with Gasteiger partial charge in [0.05, 0.1) is 19.9 Å². The molecule has 0 bridgehead atoms. The number of hydrogen-bond donors (Lipinski definition) is 2. The summed E-state index contributed by atoms with van der Waals surface area (Å²) < 4.78 is 10.5. The summed E-state index contributed by atoms with van der Waals surface area (Å²) in [5, 5.41) is 5.88. The van der Waals surface area contributed by atoms with E-state index in [0.29, 0.717) is 0 Å². The van der Waals surface area contributed by atoms with E-state index < -0.39 is 0 Å². The van der Waals surface area contributed by atoms with Gasteiger partial charge in [0.2, 0.25) is 0 Å². The van der Waals surface area contributed by atoms with Crippen LogP contribution in [0.5, 0.6) is 11.5 Å². The molecule has 2 N–H and O–H groups in total. The van der Waals surface area contributed by atoms with E-state index in [2.05, 4.69) is 15.5 Å². The van der Waals surface area contributed by atoms with Gasteiger partial charge in [0.1, 0.15) is 11.5 Å². The molecule has 2 aromatic carbocycles. The highest BCUT2D eigenvalue weighted by Gasteiger charge is 2.25. The van der Waals surface area contributed by atoms with Gasteiger partial charge in [-0.1, -0.05) is 12.1 Å². The van der Waals surface area contributed by atoms with Crippen molar-refractivity contribution in [3.8, 4) is 11.5 Å². The zero-order valence-electron chi connectivity index (χ0n) is 14.5. The van der Waals surface area contributed by atoms with Crippen molar-refractivity contribution in [1.82, 2.24) is 5.32 Å². The number of methoxy groups -OCH3 is 2. The molecule has 0 aliphatic carbocycles. The van der Waals surface area contributed by atoms with E-state index in [1.54, 1.807) is 14.2 Å². The van der Waals surface area contributed by atoms with Gasteiger partial charge in [0.25, 0.3) is 0 Å². The summed E-state index contributed by atoms with van der Waals surface area (Å²) in [6.07, 6.45) is 0.897. The average Bonchev–Trinajstić information content (AvgIpc) is 3.10. The quantitative estimate of drug-likeness (QED) is 0.877. The first-order chi connectivity index (χ1) is 12.2.